The van der Waals surface area contributed by atoms with Crippen LogP contribution in [0.15, 0.2) is 30.1 Å². The molecule has 4 heterocycles. The number of pyridine rings is 1. The SMILES string of the molecule is CC1(C)C=C(COCCN2CCN(c3ccc(C(=O)NC4C(C)(C)CC4(C)C)cn3)CC2)NC1C(=O)N1CC[C@@H](O)C1. The van der Waals surface area contributed by atoms with Crippen molar-refractivity contribution in [3.63, 3.8) is 0 Å². The zero-order chi connectivity index (χ0) is 30.3. The van der Waals surface area contributed by atoms with Gasteiger partial charge < -0.3 is 30.3 Å². The van der Waals surface area contributed by atoms with Gasteiger partial charge in [0.05, 0.1) is 24.9 Å². The third-order valence-corrected chi connectivity index (χ3v) is 9.61. The van der Waals surface area contributed by atoms with Gasteiger partial charge in [-0.1, -0.05) is 47.6 Å². The molecule has 0 spiro atoms. The minimum Gasteiger partial charge on any atom is -0.391 e. The van der Waals surface area contributed by atoms with Gasteiger partial charge in [-0.3, -0.25) is 14.5 Å². The van der Waals surface area contributed by atoms with E-state index in [2.05, 4.69) is 73.0 Å². The van der Waals surface area contributed by atoms with Crippen molar-refractivity contribution in [2.45, 2.75) is 72.6 Å². The van der Waals surface area contributed by atoms with Gasteiger partial charge in [-0.05, 0) is 35.8 Å². The molecule has 10 nitrogen and oxygen atoms in total. The molecule has 2 amide bonds. The van der Waals surface area contributed by atoms with E-state index in [1.165, 1.54) is 0 Å². The molecule has 1 saturated carbocycles. The smallest absolute Gasteiger partial charge is 0.253 e. The van der Waals surface area contributed by atoms with Crippen molar-refractivity contribution < 1.29 is 19.4 Å². The zero-order valence-corrected chi connectivity index (χ0v) is 26.3. The van der Waals surface area contributed by atoms with E-state index in [0.29, 0.717) is 38.3 Å². The molecule has 5 rings (SSSR count). The van der Waals surface area contributed by atoms with E-state index < -0.39 is 6.10 Å². The Morgan fingerprint density at radius 1 is 1.07 bits per heavy atom. The van der Waals surface area contributed by atoms with E-state index in [0.717, 1.165) is 50.7 Å². The summed E-state index contributed by atoms with van der Waals surface area (Å²) in [7, 11) is 0. The minimum absolute atomic E-state index is 0.0506. The van der Waals surface area contributed by atoms with Gasteiger partial charge >= 0.3 is 0 Å². The molecule has 3 fully saturated rings. The van der Waals surface area contributed by atoms with Gasteiger partial charge in [0, 0.05) is 69.2 Å². The van der Waals surface area contributed by atoms with Crippen molar-refractivity contribution in [2.24, 2.45) is 16.2 Å². The van der Waals surface area contributed by atoms with Crippen LogP contribution in [0.5, 0.6) is 0 Å². The van der Waals surface area contributed by atoms with Crippen LogP contribution >= 0.6 is 0 Å². The second-order valence-electron chi connectivity index (χ2n) is 14.6. The lowest BCUT2D eigenvalue weighted by molar-refractivity contribution is -0.134. The summed E-state index contributed by atoms with van der Waals surface area (Å²) in [5, 5.41) is 16.4. The topological polar surface area (TPSA) is 110 Å². The number of aliphatic hydroxyl groups is 1. The number of aliphatic hydroxyl groups excluding tert-OH is 1. The Labute approximate surface area is 250 Å². The molecule has 0 bridgehead atoms. The molecule has 1 aromatic heterocycles. The van der Waals surface area contributed by atoms with Crippen LogP contribution in [0.25, 0.3) is 0 Å². The summed E-state index contributed by atoms with van der Waals surface area (Å²) in [5.41, 5.74) is 1.48. The van der Waals surface area contributed by atoms with Crippen LogP contribution in [0, 0.1) is 16.2 Å². The summed E-state index contributed by atoms with van der Waals surface area (Å²) < 4.78 is 6.00. The molecule has 4 aliphatic rings. The van der Waals surface area contributed by atoms with Crippen LogP contribution in [-0.4, -0.2) is 109 Å². The average Bonchev–Trinajstić information content (AvgIpc) is 3.50. The highest BCUT2D eigenvalue weighted by Crippen LogP contribution is 2.53. The van der Waals surface area contributed by atoms with Gasteiger partial charge in [0.1, 0.15) is 11.9 Å². The monoisotopic (exact) mass is 582 g/mol. The first kappa shape index (κ1) is 30.8. The molecule has 1 aromatic rings. The lowest BCUT2D eigenvalue weighted by Gasteiger charge is -2.57. The molecule has 10 heteroatoms. The number of piperazine rings is 1. The summed E-state index contributed by atoms with van der Waals surface area (Å²) in [6.45, 7) is 19.5. The quantitative estimate of drug-likeness (QED) is 0.381. The average molecular weight is 583 g/mol. The Kier molecular flexibility index (Phi) is 8.62. The van der Waals surface area contributed by atoms with Gasteiger partial charge in [0.15, 0.2) is 0 Å². The van der Waals surface area contributed by atoms with Crippen molar-refractivity contribution in [2.75, 3.05) is 63.9 Å². The van der Waals surface area contributed by atoms with Crippen molar-refractivity contribution in [3.8, 4) is 0 Å². The largest absolute Gasteiger partial charge is 0.391 e. The summed E-state index contributed by atoms with van der Waals surface area (Å²) in [5.74, 6) is 0.904. The zero-order valence-electron chi connectivity index (χ0n) is 26.3. The number of likely N-dealkylation sites (tertiary alicyclic amines) is 1. The number of hydrogen-bond donors (Lipinski definition) is 3. The maximum Gasteiger partial charge on any atom is 0.253 e. The number of carbonyl (C=O) groups excluding carboxylic acids is 2. The Balaban J connectivity index is 1.01. The molecule has 2 atom stereocenters. The van der Waals surface area contributed by atoms with Crippen molar-refractivity contribution in [1.82, 2.24) is 25.4 Å². The number of rotatable bonds is 9. The van der Waals surface area contributed by atoms with Crippen LogP contribution in [0.2, 0.25) is 0 Å². The fraction of sp³-hybridized carbons (Fsp3) is 0.719. The molecular formula is C32H50N6O4. The first-order valence-corrected chi connectivity index (χ1v) is 15.5. The van der Waals surface area contributed by atoms with E-state index >= 15 is 0 Å². The number of nitrogens with one attached hydrogen (secondary N) is 2. The highest BCUT2D eigenvalue weighted by molar-refractivity contribution is 5.94. The number of anilines is 1. The van der Waals surface area contributed by atoms with Crippen molar-refractivity contribution in [1.29, 1.82) is 0 Å². The van der Waals surface area contributed by atoms with E-state index in [1.54, 1.807) is 11.1 Å². The minimum atomic E-state index is -0.413. The Morgan fingerprint density at radius 2 is 1.79 bits per heavy atom. The second-order valence-corrected chi connectivity index (χ2v) is 14.6. The number of β-amino-alcohol motifs (C(OH)–C–C–N with tert-alkyl or cyclic N) is 1. The summed E-state index contributed by atoms with van der Waals surface area (Å²) in [6, 6.07) is 3.67. The number of carbonyl (C=O) groups is 2. The summed E-state index contributed by atoms with van der Waals surface area (Å²) in [4.78, 5) is 36.9. The van der Waals surface area contributed by atoms with Gasteiger partial charge in [-0.15, -0.1) is 0 Å². The first-order valence-electron chi connectivity index (χ1n) is 15.5. The third-order valence-electron chi connectivity index (χ3n) is 9.61. The maximum atomic E-state index is 13.0. The molecule has 0 radical (unpaired) electrons. The van der Waals surface area contributed by atoms with Crippen LogP contribution < -0.4 is 15.5 Å². The van der Waals surface area contributed by atoms with Crippen LogP contribution in [-0.2, 0) is 9.53 Å². The predicted molar refractivity (Wildman–Crippen MR) is 163 cm³/mol. The Hall–Kier alpha value is -2.69. The normalized spacial score (nSPS) is 26.9. The first-order chi connectivity index (χ1) is 19.7. The standard InChI is InChI=1S/C32H50N6O4/c1-30(2)17-23(34-26(30)28(41)38-10-9-24(39)19-38)20-42-16-15-36-11-13-37(14-12-36)25-8-7-22(18-33-25)27(40)35-29-31(3,4)21-32(29,5)6/h7-8,17-18,24,26,29,34,39H,9-16,19-21H2,1-6H3,(H,35,40)/t24-,26?/m1/s1. The summed E-state index contributed by atoms with van der Waals surface area (Å²) in [6.07, 6.45) is 5.14. The molecule has 0 aromatic carbocycles. The number of hydrogen-bond acceptors (Lipinski definition) is 8. The number of aromatic nitrogens is 1. The second kappa shape index (κ2) is 11.8. The van der Waals surface area contributed by atoms with E-state index in [1.807, 2.05) is 12.1 Å². The third kappa shape index (κ3) is 6.60. The Bertz CT molecular complexity index is 1160. The van der Waals surface area contributed by atoms with E-state index in [4.69, 9.17) is 4.74 Å². The summed E-state index contributed by atoms with van der Waals surface area (Å²) >= 11 is 0. The fourth-order valence-electron chi connectivity index (χ4n) is 7.73. The Morgan fingerprint density at radius 3 is 2.38 bits per heavy atom. The van der Waals surface area contributed by atoms with E-state index in [-0.39, 0.29) is 40.1 Å². The molecular weight excluding hydrogens is 532 g/mol. The lowest BCUT2D eigenvalue weighted by Crippen LogP contribution is -2.63. The van der Waals surface area contributed by atoms with Gasteiger partial charge in [0.2, 0.25) is 5.91 Å². The molecule has 42 heavy (non-hydrogen) atoms. The number of nitrogens with zero attached hydrogens (tertiary/aromatic N) is 4. The molecule has 3 aliphatic heterocycles. The number of amides is 2. The number of ether oxygens (including phenoxy) is 1. The molecule has 1 unspecified atom stereocenters. The molecule has 232 valence electrons. The van der Waals surface area contributed by atoms with Crippen molar-refractivity contribution in [3.05, 3.63) is 35.7 Å². The molecule has 3 N–H and O–H groups in total. The van der Waals surface area contributed by atoms with Crippen LogP contribution in [0.4, 0.5) is 5.82 Å². The highest BCUT2D eigenvalue weighted by Gasteiger charge is 2.53. The van der Waals surface area contributed by atoms with E-state index in [9.17, 15) is 14.7 Å². The predicted octanol–water partition coefficient (Wildman–Crippen LogP) is 2.25. The highest BCUT2D eigenvalue weighted by atomic mass is 16.5. The molecule has 1 aliphatic carbocycles. The van der Waals surface area contributed by atoms with Gasteiger partial charge in [0.25, 0.3) is 5.91 Å². The van der Waals surface area contributed by atoms with Crippen LogP contribution in [0.3, 0.4) is 0 Å². The van der Waals surface area contributed by atoms with Crippen LogP contribution in [0.1, 0.15) is 64.7 Å². The van der Waals surface area contributed by atoms with Gasteiger partial charge in [-0.2, -0.15) is 0 Å². The van der Waals surface area contributed by atoms with Gasteiger partial charge in [-0.25, -0.2) is 4.98 Å². The molecule has 2 saturated heterocycles. The fourth-order valence-corrected chi connectivity index (χ4v) is 7.73. The van der Waals surface area contributed by atoms with Crippen molar-refractivity contribution >= 4 is 17.6 Å². The lowest BCUT2D eigenvalue weighted by atomic mass is 9.52. The maximum absolute atomic E-state index is 13.0.